The predicted octanol–water partition coefficient (Wildman–Crippen LogP) is 3.03. The third-order valence-electron chi connectivity index (χ3n) is 3.00. The summed E-state index contributed by atoms with van der Waals surface area (Å²) in [5, 5.41) is 0.558. The van der Waals surface area contributed by atoms with Crippen LogP contribution in [0.3, 0.4) is 0 Å². The van der Waals surface area contributed by atoms with E-state index >= 15 is 0 Å². The highest BCUT2D eigenvalue weighted by Crippen LogP contribution is 2.19. The van der Waals surface area contributed by atoms with Gasteiger partial charge in [0.2, 0.25) is 0 Å². The van der Waals surface area contributed by atoms with Crippen molar-refractivity contribution in [2.24, 2.45) is 5.73 Å². The van der Waals surface area contributed by atoms with E-state index in [1.165, 1.54) is 0 Å². The fourth-order valence-corrected chi connectivity index (χ4v) is 3.06. The van der Waals surface area contributed by atoms with Gasteiger partial charge in [0.15, 0.2) is 0 Å². The van der Waals surface area contributed by atoms with Crippen molar-refractivity contribution in [1.29, 1.82) is 0 Å². The van der Waals surface area contributed by atoms with Crippen molar-refractivity contribution >= 4 is 27.3 Å². The van der Waals surface area contributed by atoms with E-state index < -0.39 is 10.0 Å². The Morgan fingerprint density at radius 2 is 1.62 bits per heavy atom. The fourth-order valence-electron chi connectivity index (χ4n) is 1.87. The minimum atomic E-state index is -3.58. The summed E-state index contributed by atoms with van der Waals surface area (Å²) in [5.41, 5.74) is 7.01. The first-order valence-corrected chi connectivity index (χ1v) is 8.45. The number of nitrogens with two attached hydrogens (primary N) is 1. The molecule has 0 aliphatic heterocycles. The second-order valence-corrected chi connectivity index (χ2v) is 6.77. The van der Waals surface area contributed by atoms with Crippen LogP contribution in [0.5, 0.6) is 0 Å². The maximum atomic E-state index is 12.2. The van der Waals surface area contributed by atoms with E-state index in [1.807, 2.05) is 12.1 Å². The first kappa shape index (κ1) is 15.8. The summed E-state index contributed by atoms with van der Waals surface area (Å²) >= 11 is 5.77. The van der Waals surface area contributed by atoms with Gasteiger partial charge in [-0.25, -0.2) is 8.42 Å². The normalized spacial score (nSPS) is 11.3. The molecule has 0 amide bonds. The lowest BCUT2D eigenvalue weighted by Gasteiger charge is -2.09. The smallest absolute Gasteiger partial charge is 0.261 e. The lowest BCUT2D eigenvalue weighted by Crippen LogP contribution is -2.12. The summed E-state index contributed by atoms with van der Waals surface area (Å²) in [6.45, 7) is 0.623. The van der Waals surface area contributed by atoms with Crippen molar-refractivity contribution in [2.75, 3.05) is 11.3 Å². The lowest BCUT2D eigenvalue weighted by atomic mass is 10.1. The van der Waals surface area contributed by atoms with Gasteiger partial charge in [-0.1, -0.05) is 23.7 Å². The Morgan fingerprint density at radius 3 is 2.19 bits per heavy atom. The van der Waals surface area contributed by atoms with Crippen LogP contribution in [0, 0.1) is 0 Å². The number of nitrogens with one attached hydrogen (secondary N) is 1. The molecule has 2 rings (SSSR count). The van der Waals surface area contributed by atoms with Gasteiger partial charge >= 0.3 is 0 Å². The minimum Gasteiger partial charge on any atom is -0.330 e. The highest BCUT2D eigenvalue weighted by Gasteiger charge is 2.13. The number of halogens is 1. The molecule has 0 radical (unpaired) electrons. The van der Waals surface area contributed by atoms with Crippen LogP contribution < -0.4 is 10.5 Å². The van der Waals surface area contributed by atoms with Crippen LogP contribution in [0.1, 0.15) is 12.0 Å². The van der Waals surface area contributed by atoms with E-state index in [0.29, 0.717) is 17.3 Å². The molecule has 2 aromatic carbocycles. The van der Waals surface area contributed by atoms with Crippen LogP contribution in [-0.2, 0) is 16.4 Å². The van der Waals surface area contributed by atoms with Crippen molar-refractivity contribution in [3.8, 4) is 0 Å². The second kappa shape index (κ2) is 6.93. The van der Waals surface area contributed by atoms with Gasteiger partial charge in [0, 0.05) is 10.7 Å². The molecule has 0 aliphatic carbocycles. The van der Waals surface area contributed by atoms with Gasteiger partial charge in [-0.2, -0.15) is 0 Å². The number of hydrogen-bond acceptors (Lipinski definition) is 3. The van der Waals surface area contributed by atoms with E-state index in [4.69, 9.17) is 17.3 Å². The maximum absolute atomic E-state index is 12.2. The van der Waals surface area contributed by atoms with Crippen molar-refractivity contribution in [1.82, 2.24) is 0 Å². The number of sulfonamides is 1. The van der Waals surface area contributed by atoms with Gasteiger partial charge in [0.05, 0.1) is 4.90 Å². The predicted molar refractivity (Wildman–Crippen MR) is 86.1 cm³/mol. The summed E-state index contributed by atoms with van der Waals surface area (Å²) in [6, 6.07) is 13.3. The Balaban J connectivity index is 2.13. The Labute approximate surface area is 130 Å². The van der Waals surface area contributed by atoms with E-state index in [-0.39, 0.29) is 4.90 Å². The number of hydrogen-bond donors (Lipinski definition) is 2. The molecule has 4 nitrogen and oxygen atoms in total. The zero-order valence-corrected chi connectivity index (χ0v) is 13.0. The van der Waals surface area contributed by atoms with E-state index in [0.717, 1.165) is 18.4 Å². The molecule has 0 aliphatic rings. The van der Waals surface area contributed by atoms with Gasteiger partial charge in [-0.15, -0.1) is 0 Å². The zero-order valence-electron chi connectivity index (χ0n) is 11.4. The molecule has 0 unspecified atom stereocenters. The number of aryl methyl sites for hydroxylation is 1. The molecule has 0 atom stereocenters. The molecule has 0 heterocycles. The molecule has 0 bridgehead atoms. The van der Waals surface area contributed by atoms with Crippen molar-refractivity contribution < 1.29 is 8.42 Å². The van der Waals surface area contributed by atoms with Gasteiger partial charge < -0.3 is 5.73 Å². The van der Waals surface area contributed by atoms with Crippen LogP contribution in [0.25, 0.3) is 0 Å². The van der Waals surface area contributed by atoms with E-state index in [1.54, 1.807) is 36.4 Å². The molecular weight excluding hydrogens is 308 g/mol. The summed E-state index contributed by atoms with van der Waals surface area (Å²) in [5.74, 6) is 0. The van der Waals surface area contributed by atoms with Gasteiger partial charge in [0.25, 0.3) is 10.0 Å². The van der Waals surface area contributed by atoms with Crippen LogP contribution in [0.4, 0.5) is 5.69 Å². The molecule has 112 valence electrons. The summed E-state index contributed by atoms with van der Waals surface area (Å²) in [4.78, 5) is 0.231. The van der Waals surface area contributed by atoms with Gasteiger partial charge in [0.1, 0.15) is 0 Å². The topological polar surface area (TPSA) is 72.2 Å². The largest absolute Gasteiger partial charge is 0.330 e. The average Bonchev–Trinajstić information content (AvgIpc) is 2.48. The monoisotopic (exact) mass is 324 g/mol. The van der Waals surface area contributed by atoms with Crippen molar-refractivity contribution in [2.45, 2.75) is 17.7 Å². The van der Waals surface area contributed by atoms with Crippen LogP contribution >= 0.6 is 11.6 Å². The number of benzene rings is 2. The zero-order chi connectivity index (χ0) is 15.3. The number of anilines is 1. The Kier molecular flexibility index (Phi) is 5.22. The first-order valence-electron chi connectivity index (χ1n) is 6.59. The Hall–Kier alpha value is -1.56. The lowest BCUT2D eigenvalue weighted by molar-refractivity contribution is 0.601. The molecule has 0 aromatic heterocycles. The second-order valence-electron chi connectivity index (χ2n) is 4.65. The standard InChI is InChI=1S/C15H17ClN2O2S/c16-13-5-7-14(8-6-13)18-21(19,20)15-9-3-12(4-10-15)2-1-11-17/h3-10,18H,1-2,11,17H2. The van der Waals surface area contributed by atoms with Gasteiger partial charge in [-0.05, 0) is 61.3 Å². The molecular formula is C15H17ClN2O2S. The summed E-state index contributed by atoms with van der Waals surface area (Å²) in [6.07, 6.45) is 1.73. The highest BCUT2D eigenvalue weighted by atomic mass is 35.5. The quantitative estimate of drug-likeness (QED) is 0.857. The van der Waals surface area contributed by atoms with Crippen LogP contribution in [-0.4, -0.2) is 15.0 Å². The van der Waals surface area contributed by atoms with Crippen LogP contribution in [0.15, 0.2) is 53.4 Å². The van der Waals surface area contributed by atoms with Crippen LogP contribution in [0.2, 0.25) is 5.02 Å². The molecule has 21 heavy (non-hydrogen) atoms. The third-order valence-corrected chi connectivity index (χ3v) is 4.65. The fraction of sp³-hybridized carbons (Fsp3) is 0.200. The first-order chi connectivity index (χ1) is 10.0. The van der Waals surface area contributed by atoms with E-state index in [9.17, 15) is 8.42 Å². The molecule has 0 fully saturated rings. The maximum Gasteiger partial charge on any atom is 0.261 e. The molecule has 0 spiro atoms. The summed E-state index contributed by atoms with van der Waals surface area (Å²) < 4.78 is 27.0. The SMILES string of the molecule is NCCCc1ccc(S(=O)(=O)Nc2ccc(Cl)cc2)cc1. The molecule has 0 saturated heterocycles. The van der Waals surface area contributed by atoms with E-state index in [2.05, 4.69) is 4.72 Å². The molecule has 2 aromatic rings. The molecule has 6 heteroatoms. The van der Waals surface area contributed by atoms with Crippen molar-refractivity contribution in [3.63, 3.8) is 0 Å². The number of rotatable bonds is 6. The summed E-state index contributed by atoms with van der Waals surface area (Å²) in [7, 11) is -3.58. The Bertz CT molecular complexity index is 683. The third kappa shape index (κ3) is 4.46. The highest BCUT2D eigenvalue weighted by molar-refractivity contribution is 7.92. The van der Waals surface area contributed by atoms with Gasteiger partial charge in [-0.3, -0.25) is 4.72 Å². The molecule has 0 saturated carbocycles. The molecule has 3 N–H and O–H groups in total. The Morgan fingerprint density at radius 1 is 1.00 bits per heavy atom. The minimum absolute atomic E-state index is 0.231. The van der Waals surface area contributed by atoms with Crippen molar-refractivity contribution in [3.05, 3.63) is 59.1 Å². The average molecular weight is 325 g/mol.